The molecule has 0 aliphatic rings. The van der Waals surface area contributed by atoms with Crippen LogP contribution in [0.2, 0.25) is 0 Å². The fourth-order valence-electron chi connectivity index (χ4n) is 2.59. The number of para-hydroxylation sites is 1. The summed E-state index contributed by atoms with van der Waals surface area (Å²) in [5, 5.41) is 11.9. The zero-order valence-corrected chi connectivity index (χ0v) is 14.2. The zero-order chi connectivity index (χ0) is 17.4. The SMILES string of the molecule is Cc1cc2cn[nH]c2cc1NS(=O)(=O)c1cnn(-c2ccccc2)c1. The van der Waals surface area contributed by atoms with Gasteiger partial charge in [0.15, 0.2) is 0 Å². The third kappa shape index (κ3) is 2.87. The van der Waals surface area contributed by atoms with E-state index in [4.69, 9.17) is 0 Å². The van der Waals surface area contributed by atoms with Crippen LogP contribution in [0.5, 0.6) is 0 Å². The second kappa shape index (κ2) is 5.75. The molecular formula is C17H15N5O2S. The Morgan fingerprint density at radius 3 is 2.72 bits per heavy atom. The summed E-state index contributed by atoms with van der Waals surface area (Å²) in [6.45, 7) is 1.84. The Kier molecular flexibility index (Phi) is 3.54. The Hall–Kier alpha value is -3.13. The first-order chi connectivity index (χ1) is 12.0. The maximum absolute atomic E-state index is 12.7. The molecule has 0 radical (unpaired) electrons. The van der Waals surface area contributed by atoms with Crippen LogP contribution in [0.25, 0.3) is 16.6 Å². The molecule has 2 aromatic carbocycles. The van der Waals surface area contributed by atoms with Crippen molar-refractivity contribution in [2.75, 3.05) is 4.72 Å². The van der Waals surface area contributed by atoms with E-state index < -0.39 is 10.0 Å². The molecule has 2 N–H and O–H groups in total. The Balaban J connectivity index is 1.67. The van der Waals surface area contributed by atoms with Gasteiger partial charge >= 0.3 is 0 Å². The molecule has 0 spiro atoms. The number of nitrogens with zero attached hydrogens (tertiary/aromatic N) is 3. The third-order valence-corrected chi connectivity index (χ3v) is 5.24. The second-order valence-electron chi connectivity index (χ2n) is 5.69. The van der Waals surface area contributed by atoms with E-state index in [1.165, 1.54) is 17.1 Å². The van der Waals surface area contributed by atoms with Gasteiger partial charge in [-0.05, 0) is 36.8 Å². The van der Waals surface area contributed by atoms with Crippen molar-refractivity contribution >= 4 is 26.6 Å². The normalized spacial score (nSPS) is 11.7. The lowest BCUT2D eigenvalue weighted by Crippen LogP contribution is -2.13. The molecule has 4 rings (SSSR count). The van der Waals surface area contributed by atoms with Gasteiger partial charge in [-0.3, -0.25) is 9.82 Å². The smallest absolute Gasteiger partial charge is 0.265 e. The summed E-state index contributed by atoms with van der Waals surface area (Å²) < 4.78 is 29.5. The van der Waals surface area contributed by atoms with E-state index in [-0.39, 0.29) is 4.90 Å². The molecular weight excluding hydrogens is 338 g/mol. The van der Waals surface area contributed by atoms with Gasteiger partial charge in [-0.1, -0.05) is 18.2 Å². The molecule has 7 nitrogen and oxygen atoms in total. The third-order valence-electron chi connectivity index (χ3n) is 3.92. The molecule has 0 amide bonds. The number of hydrogen-bond donors (Lipinski definition) is 2. The Morgan fingerprint density at radius 2 is 1.92 bits per heavy atom. The minimum Gasteiger partial charge on any atom is -0.279 e. The number of rotatable bonds is 4. The molecule has 2 aromatic heterocycles. The fraction of sp³-hybridized carbons (Fsp3) is 0.0588. The van der Waals surface area contributed by atoms with E-state index in [0.29, 0.717) is 5.69 Å². The summed E-state index contributed by atoms with van der Waals surface area (Å²) in [6.07, 6.45) is 4.52. The lowest BCUT2D eigenvalue weighted by atomic mass is 10.1. The van der Waals surface area contributed by atoms with Crippen LogP contribution in [-0.4, -0.2) is 28.4 Å². The Labute approximate surface area is 144 Å². The van der Waals surface area contributed by atoms with E-state index >= 15 is 0 Å². The van der Waals surface area contributed by atoms with Gasteiger partial charge in [0, 0.05) is 5.39 Å². The number of H-pyrrole nitrogens is 1. The van der Waals surface area contributed by atoms with Gasteiger partial charge in [-0.15, -0.1) is 0 Å². The van der Waals surface area contributed by atoms with E-state index in [2.05, 4.69) is 20.0 Å². The number of aryl methyl sites for hydroxylation is 1. The molecule has 0 aliphatic carbocycles. The number of fused-ring (bicyclic) bond motifs is 1. The monoisotopic (exact) mass is 353 g/mol. The van der Waals surface area contributed by atoms with Gasteiger partial charge in [-0.2, -0.15) is 10.2 Å². The van der Waals surface area contributed by atoms with E-state index in [0.717, 1.165) is 22.2 Å². The fourth-order valence-corrected chi connectivity index (χ4v) is 3.64. The molecule has 126 valence electrons. The summed E-state index contributed by atoms with van der Waals surface area (Å²) in [6, 6.07) is 12.9. The average molecular weight is 353 g/mol. The Bertz CT molecular complexity index is 1150. The van der Waals surface area contributed by atoms with Crippen molar-refractivity contribution in [1.82, 2.24) is 20.0 Å². The first kappa shape index (κ1) is 15.4. The first-order valence-corrected chi connectivity index (χ1v) is 9.08. The van der Waals surface area contributed by atoms with Crippen molar-refractivity contribution < 1.29 is 8.42 Å². The molecule has 0 atom stereocenters. The predicted molar refractivity (Wildman–Crippen MR) is 95.2 cm³/mol. The Morgan fingerprint density at radius 1 is 1.12 bits per heavy atom. The van der Waals surface area contributed by atoms with E-state index in [1.54, 1.807) is 12.3 Å². The average Bonchev–Trinajstić information content (AvgIpc) is 3.25. The predicted octanol–water partition coefficient (Wildman–Crippen LogP) is 2.86. The molecule has 2 heterocycles. The highest BCUT2D eigenvalue weighted by atomic mass is 32.2. The number of sulfonamides is 1. The van der Waals surface area contributed by atoms with Crippen LogP contribution in [-0.2, 0) is 10.0 Å². The zero-order valence-electron chi connectivity index (χ0n) is 13.3. The topological polar surface area (TPSA) is 92.7 Å². The maximum atomic E-state index is 12.7. The maximum Gasteiger partial charge on any atom is 0.265 e. The van der Waals surface area contributed by atoms with Gasteiger partial charge in [0.2, 0.25) is 0 Å². The van der Waals surface area contributed by atoms with Gasteiger partial charge in [0.05, 0.1) is 35.5 Å². The van der Waals surface area contributed by atoms with Crippen LogP contribution < -0.4 is 4.72 Å². The number of nitrogens with one attached hydrogen (secondary N) is 2. The standard InChI is InChI=1S/C17H15N5O2S/c1-12-7-13-9-18-20-17(13)8-16(12)21-25(23,24)15-10-19-22(11-15)14-5-3-2-4-6-14/h2-11,21H,1H3,(H,18,20). The van der Waals surface area contributed by atoms with E-state index in [1.807, 2.05) is 43.3 Å². The molecule has 0 bridgehead atoms. The number of anilines is 1. The van der Waals surface area contributed by atoms with Crippen molar-refractivity contribution in [2.24, 2.45) is 0 Å². The highest BCUT2D eigenvalue weighted by Gasteiger charge is 2.18. The summed E-state index contributed by atoms with van der Waals surface area (Å²) in [5.74, 6) is 0. The van der Waals surface area contributed by atoms with Gasteiger partial charge in [-0.25, -0.2) is 13.1 Å². The minimum atomic E-state index is -3.74. The minimum absolute atomic E-state index is 0.0976. The number of aromatic nitrogens is 4. The summed E-state index contributed by atoms with van der Waals surface area (Å²) >= 11 is 0. The largest absolute Gasteiger partial charge is 0.279 e. The molecule has 0 saturated heterocycles. The van der Waals surface area contributed by atoms with Crippen LogP contribution in [0, 0.1) is 6.92 Å². The lowest BCUT2D eigenvalue weighted by molar-refractivity contribution is 0.601. The van der Waals surface area contributed by atoms with Gasteiger partial charge in [0.25, 0.3) is 10.0 Å². The van der Waals surface area contributed by atoms with E-state index in [9.17, 15) is 8.42 Å². The summed E-state index contributed by atoms with van der Waals surface area (Å²) in [7, 11) is -3.74. The highest BCUT2D eigenvalue weighted by Crippen LogP contribution is 2.24. The van der Waals surface area contributed by atoms with Crippen LogP contribution in [0.1, 0.15) is 5.56 Å². The molecule has 0 saturated carbocycles. The van der Waals surface area contributed by atoms with Crippen molar-refractivity contribution in [3.63, 3.8) is 0 Å². The molecule has 25 heavy (non-hydrogen) atoms. The second-order valence-corrected chi connectivity index (χ2v) is 7.37. The van der Waals surface area contributed by atoms with Crippen molar-refractivity contribution in [3.05, 3.63) is 66.6 Å². The molecule has 0 fully saturated rings. The van der Waals surface area contributed by atoms with Crippen LogP contribution in [0.4, 0.5) is 5.69 Å². The summed E-state index contributed by atoms with van der Waals surface area (Å²) in [4.78, 5) is 0.0976. The number of benzene rings is 2. The molecule has 8 heteroatoms. The van der Waals surface area contributed by atoms with Crippen LogP contribution in [0.15, 0.2) is 66.0 Å². The van der Waals surface area contributed by atoms with Crippen LogP contribution >= 0.6 is 0 Å². The molecule has 0 aliphatic heterocycles. The number of hydrogen-bond acceptors (Lipinski definition) is 4. The van der Waals surface area contributed by atoms with Crippen molar-refractivity contribution in [1.29, 1.82) is 0 Å². The highest BCUT2D eigenvalue weighted by molar-refractivity contribution is 7.92. The quantitative estimate of drug-likeness (QED) is 0.590. The molecule has 4 aromatic rings. The first-order valence-electron chi connectivity index (χ1n) is 7.59. The van der Waals surface area contributed by atoms with Gasteiger partial charge < -0.3 is 0 Å². The number of aromatic amines is 1. The van der Waals surface area contributed by atoms with Crippen molar-refractivity contribution in [2.45, 2.75) is 11.8 Å². The molecule has 0 unspecified atom stereocenters. The summed E-state index contributed by atoms with van der Waals surface area (Å²) in [5.41, 5.74) is 2.87. The van der Waals surface area contributed by atoms with Crippen LogP contribution in [0.3, 0.4) is 0 Å². The van der Waals surface area contributed by atoms with Gasteiger partial charge in [0.1, 0.15) is 4.90 Å². The lowest BCUT2D eigenvalue weighted by Gasteiger charge is -2.09. The van der Waals surface area contributed by atoms with Crippen molar-refractivity contribution in [3.8, 4) is 5.69 Å².